The molecule has 0 saturated carbocycles. The quantitative estimate of drug-likeness (QED) is 0.456. The Hall–Kier alpha value is -3.51. The number of hydrogen-bond acceptors (Lipinski definition) is 4. The molecule has 0 aliphatic rings. The third-order valence-electron chi connectivity index (χ3n) is 4.74. The minimum atomic E-state index is -3.84. The largest absolute Gasteiger partial charge is 0.279 e. The number of aromatic nitrogens is 2. The minimum absolute atomic E-state index is 0.149. The summed E-state index contributed by atoms with van der Waals surface area (Å²) in [6.07, 6.45) is 3.30. The van der Waals surface area contributed by atoms with Crippen LogP contribution in [-0.4, -0.2) is 18.4 Å². The molecule has 6 heteroatoms. The second-order valence-electron chi connectivity index (χ2n) is 6.48. The third kappa shape index (κ3) is 2.66. The lowest BCUT2D eigenvalue weighted by Gasteiger charge is -2.13. The Bertz CT molecular complexity index is 1460. The van der Waals surface area contributed by atoms with Crippen LogP contribution in [-0.2, 0) is 10.0 Å². The lowest BCUT2D eigenvalue weighted by molar-refractivity contribution is 0.602. The standard InChI is InChI=1S/C22H15N3O2S/c26-28(27,19-10-2-6-16-7-3-13-23-21(16)19)25-18-9-1-5-15-11-12-17-8-4-14-24-22(17)20(15)18/h1-14,25H. The van der Waals surface area contributed by atoms with Crippen molar-refractivity contribution in [1.82, 2.24) is 9.97 Å². The molecule has 0 aliphatic heterocycles. The SMILES string of the molecule is O=S(=O)(Nc1cccc2ccc3cccnc3c12)c1cccc2cccnc12. The number of sulfonamides is 1. The van der Waals surface area contributed by atoms with Crippen LogP contribution >= 0.6 is 0 Å². The lowest BCUT2D eigenvalue weighted by atomic mass is 10.0. The first-order chi connectivity index (χ1) is 13.6. The first kappa shape index (κ1) is 16.6. The van der Waals surface area contributed by atoms with E-state index in [2.05, 4.69) is 14.7 Å². The molecular weight excluding hydrogens is 370 g/mol. The monoisotopic (exact) mass is 385 g/mol. The first-order valence-electron chi connectivity index (χ1n) is 8.76. The molecule has 0 fully saturated rings. The molecule has 0 spiro atoms. The van der Waals surface area contributed by atoms with E-state index >= 15 is 0 Å². The first-order valence-corrected chi connectivity index (χ1v) is 10.2. The molecule has 0 unspecified atom stereocenters. The summed E-state index contributed by atoms with van der Waals surface area (Å²) in [5, 5.41) is 3.42. The molecule has 5 aromatic rings. The van der Waals surface area contributed by atoms with Gasteiger partial charge in [-0.2, -0.15) is 0 Å². The Labute approximate surface area is 161 Å². The minimum Gasteiger partial charge on any atom is -0.279 e. The summed E-state index contributed by atoms with van der Waals surface area (Å²) >= 11 is 0. The highest BCUT2D eigenvalue weighted by atomic mass is 32.2. The van der Waals surface area contributed by atoms with Crippen molar-refractivity contribution in [2.75, 3.05) is 4.72 Å². The van der Waals surface area contributed by atoms with Crippen LogP contribution in [0.15, 0.2) is 90.1 Å². The fourth-order valence-corrected chi connectivity index (χ4v) is 4.74. The Morgan fingerprint density at radius 2 is 1.25 bits per heavy atom. The van der Waals surface area contributed by atoms with E-state index in [1.807, 2.05) is 48.5 Å². The maximum atomic E-state index is 13.2. The Morgan fingerprint density at radius 3 is 2.07 bits per heavy atom. The van der Waals surface area contributed by atoms with E-state index in [-0.39, 0.29) is 4.90 Å². The van der Waals surface area contributed by atoms with Crippen molar-refractivity contribution in [3.05, 3.63) is 85.2 Å². The van der Waals surface area contributed by atoms with Gasteiger partial charge in [-0.1, -0.05) is 48.5 Å². The highest BCUT2D eigenvalue weighted by Gasteiger charge is 2.20. The predicted octanol–water partition coefficient (Wildman–Crippen LogP) is 4.74. The summed E-state index contributed by atoms with van der Waals surface area (Å²) in [5.74, 6) is 0. The number of pyridine rings is 2. The fourth-order valence-electron chi connectivity index (χ4n) is 3.49. The fraction of sp³-hybridized carbons (Fsp3) is 0. The normalized spacial score (nSPS) is 11.9. The molecule has 3 aromatic carbocycles. The number of rotatable bonds is 3. The Balaban J connectivity index is 1.72. The zero-order valence-electron chi connectivity index (χ0n) is 14.7. The average Bonchev–Trinajstić information content (AvgIpc) is 2.73. The zero-order chi connectivity index (χ0) is 19.1. The van der Waals surface area contributed by atoms with E-state index in [0.29, 0.717) is 11.2 Å². The van der Waals surface area contributed by atoms with Gasteiger partial charge in [-0.15, -0.1) is 0 Å². The molecule has 0 atom stereocenters. The van der Waals surface area contributed by atoms with Crippen LogP contribution < -0.4 is 4.72 Å². The summed E-state index contributed by atoms with van der Waals surface area (Å²) in [6.45, 7) is 0. The number of anilines is 1. The van der Waals surface area contributed by atoms with Gasteiger partial charge in [0.15, 0.2) is 0 Å². The summed E-state index contributed by atoms with van der Waals surface area (Å²) in [4.78, 5) is 8.89. The van der Waals surface area contributed by atoms with Crippen molar-refractivity contribution in [3.8, 4) is 0 Å². The molecule has 1 N–H and O–H groups in total. The predicted molar refractivity (Wildman–Crippen MR) is 112 cm³/mol. The van der Waals surface area contributed by atoms with Gasteiger partial charge in [0.25, 0.3) is 10.0 Å². The molecule has 0 radical (unpaired) electrons. The highest BCUT2D eigenvalue weighted by molar-refractivity contribution is 7.93. The van der Waals surface area contributed by atoms with Gasteiger partial charge in [0.05, 0.1) is 16.7 Å². The van der Waals surface area contributed by atoms with Crippen LogP contribution in [0.2, 0.25) is 0 Å². The number of nitrogens with zero attached hydrogens (tertiary/aromatic N) is 2. The van der Waals surface area contributed by atoms with Gasteiger partial charge in [0.1, 0.15) is 4.90 Å². The van der Waals surface area contributed by atoms with Gasteiger partial charge < -0.3 is 0 Å². The van der Waals surface area contributed by atoms with Crippen molar-refractivity contribution in [2.24, 2.45) is 0 Å². The van der Waals surface area contributed by atoms with Gasteiger partial charge in [0.2, 0.25) is 0 Å². The topological polar surface area (TPSA) is 72.0 Å². The van der Waals surface area contributed by atoms with E-state index in [9.17, 15) is 8.42 Å². The molecule has 2 heterocycles. The number of fused-ring (bicyclic) bond motifs is 4. The van der Waals surface area contributed by atoms with Gasteiger partial charge in [-0.05, 0) is 29.7 Å². The van der Waals surface area contributed by atoms with E-state index in [1.165, 1.54) is 0 Å². The molecule has 28 heavy (non-hydrogen) atoms. The number of nitrogens with one attached hydrogen (secondary N) is 1. The molecule has 2 aromatic heterocycles. The van der Waals surface area contributed by atoms with Crippen LogP contribution in [0.1, 0.15) is 0 Å². The summed E-state index contributed by atoms with van der Waals surface area (Å²) < 4.78 is 29.2. The molecule has 0 amide bonds. The van der Waals surface area contributed by atoms with Crippen LogP contribution in [0, 0.1) is 0 Å². The molecule has 5 rings (SSSR count). The number of benzene rings is 3. The van der Waals surface area contributed by atoms with E-state index in [1.54, 1.807) is 36.7 Å². The third-order valence-corrected chi connectivity index (χ3v) is 6.14. The molecule has 0 aliphatic carbocycles. The summed E-state index contributed by atoms with van der Waals surface area (Å²) in [6, 6.07) is 22.1. The van der Waals surface area contributed by atoms with E-state index < -0.39 is 10.0 Å². The van der Waals surface area contributed by atoms with Crippen molar-refractivity contribution in [3.63, 3.8) is 0 Å². The zero-order valence-corrected chi connectivity index (χ0v) is 15.5. The van der Waals surface area contributed by atoms with Gasteiger partial charge >= 0.3 is 0 Å². The molecular formula is C22H15N3O2S. The molecule has 0 bridgehead atoms. The van der Waals surface area contributed by atoms with Crippen molar-refractivity contribution >= 4 is 48.3 Å². The average molecular weight is 385 g/mol. The molecule has 136 valence electrons. The molecule has 0 saturated heterocycles. The van der Waals surface area contributed by atoms with E-state index in [0.717, 1.165) is 27.1 Å². The Morgan fingerprint density at radius 1 is 0.643 bits per heavy atom. The van der Waals surface area contributed by atoms with Crippen LogP contribution in [0.3, 0.4) is 0 Å². The maximum Gasteiger partial charge on any atom is 0.264 e. The van der Waals surface area contributed by atoms with E-state index in [4.69, 9.17) is 0 Å². The van der Waals surface area contributed by atoms with Crippen molar-refractivity contribution in [2.45, 2.75) is 4.90 Å². The number of para-hydroxylation sites is 1. The summed E-state index contributed by atoms with van der Waals surface area (Å²) in [5.41, 5.74) is 1.70. The van der Waals surface area contributed by atoms with Gasteiger partial charge in [0, 0.05) is 28.6 Å². The van der Waals surface area contributed by atoms with Crippen LogP contribution in [0.5, 0.6) is 0 Å². The smallest absolute Gasteiger partial charge is 0.264 e. The molecule has 5 nitrogen and oxygen atoms in total. The second kappa shape index (κ2) is 6.28. The highest BCUT2D eigenvalue weighted by Crippen LogP contribution is 2.32. The van der Waals surface area contributed by atoms with Crippen LogP contribution in [0.25, 0.3) is 32.6 Å². The van der Waals surface area contributed by atoms with Crippen molar-refractivity contribution in [1.29, 1.82) is 0 Å². The summed E-state index contributed by atoms with van der Waals surface area (Å²) in [7, 11) is -3.84. The Kier molecular flexibility index (Phi) is 3.74. The van der Waals surface area contributed by atoms with Crippen molar-refractivity contribution < 1.29 is 8.42 Å². The lowest BCUT2D eigenvalue weighted by Crippen LogP contribution is -2.14. The van der Waals surface area contributed by atoms with Gasteiger partial charge in [-0.25, -0.2) is 8.42 Å². The second-order valence-corrected chi connectivity index (χ2v) is 8.13. The maximum absolute atomic E-state index is 13.2. The van der Waals surface area contributed by atoms with Crippen LogP contribution in [0.4, 0.5) is 5.69 Å². The number of hydrogen-bond donors (Lipinski definition) is 1. The van der Waals surface area contributed by atoms with Gasteiger partial charge in [-0.3, -0.25) is 14.7 Å².